The minimum Gasteiger partial charge on any atom is -0.457 e. The number of thiocarbonyl (C=S) groups is 1. The summed E-state index contributed by atoms with van der Waals surface area (Å²) in [4.78, 5) is 16.7. The monoisotopic (exact) mass is 380 g/mol. The number of hydrogen-bond acceptors (Lipinski definition) is 4. The Morgan fingerprint density at radius 3 is 2.41 bits per heavy atom. The topological polar surface area (TPSA) is 53.0 Å². The summed E-state index contributed by atoms with van der Waals surface area (Å²) in [5, 5.41) is 11.2. The molecule has 6 rings (SSSR count). The highest BCUT2D eigenvalue weighted by molar-refractivity contribution is 7.80. The summed E-state index contributed by atoms with van der Waals surface area (Å²) in [6.07, 6.45) is -0.774. The molecule has 5 nitrogen and oxygen atoms in total. The number of para-hydroxylation sites is 1. The number of nitrogens with zero attached hydrogens (tertiary/aromatic N) is 2. The number of carbonyl (C=O) groups is 1. The molecule has 4 aliphatic rings. The highest BCUT2D eigenvalue weighted by Gasteiger charge is 2.62. The zero-order valence-corrected chi connectivity index (χ0v) is 15.5. The van der Waals surface area contributed by atoms with Gasteiger partial charge in [0.2, 0.25) is 0 Å². The van der Waals surface area contributed by atoms with Crippen molar-refractivity contribution in [3.8, 4) is 0 Å². The van der Waals surface area contributed by atoms with Gasteiger partial charge in [-0.05, 0) is 36.3 Å². The predicted octanol–water partition coefficient (Wildman–Crippen LogP) is 2.34. The van der Waals surface area contributed by atoms with E-state index in [9.17, 15) is 9.90 Å². The average Bonchev–Trinajstić information content (AvgIpc) is 2.98. The quantitative estimate of drug-likeness (QED) is 0.652. The molecule has 3 aliphatic heterocycles. The summed E-state index contributed by atoms with van der Waals surface area (Å²) in [6.45, 7) is 0.623. The number of fused-ring (bicyclic) bond motifs is 2. The fraction of sp³-hybridized carbons (Fsp3) is 0.333. The molecule has 0 aromatic heterocycles. The van der Waals surface area contributed by atoms with Crippen molar-refractivity contribution in [2.75, 3.05) is 4.90 Å². The number of benzene rings is 2. The number of aliphatic hydroxyl groups excluding tert-OH is 1. The van der Waals surface area contributed by atoms with Crippen LogP contribution in [0, 0.1) is 5.92 Å². The Balaban J connectivity index is 1.58. The molecule has 138 valence electrons. The van der Waals surface area contributed by atoms with E-state index in [0.717, 1.165) is 11.3 Å². The molecule has 5 atom stereocenters. The molecule has 0 amide bonds. The van der Waals surface area contributed by atoms with E-state index in [2.05, 4.69) is 21.9 Å². The molecule has 1 N–H and O–H groups in total. The summed E-state index contributed by atoms with van der Waals surface area (Å²) in [7, 11) is 0. The molecular formula is C21H20N2O3S. The SMILES string of the molecule is O=C1O[C@@H]2[C@H]3[C@@H]([C@@H]1C[C@H]2O)N(c1ccccc1)C(=S)N3Cc1ccccc1. The molecule has 3 saturated heterocycles. The Morgan fingerprint density at radius 2 is 1.70 bits per heavy atom. The van der Waals surface area contributed by atoms with E-state index in [4.69, 9.17) is 17.0 Å². The van der Waals surface area contributed by atoms with E-state index >= 15 is 0 Å². The van der Waals surface area contributed by atoms with Crippen LogP contribution in [-0.4, -0.2) is 45.4 Å². The Kier molecular flexibility index (Phi) is 3.91. The number of ether oxygens (including phenoxy) is 1. The van der Waals surface area contributed by atoms with Gasteiger partial charge in [-0.2, -0.15) is 0 Å². The second kappa shape index (κ2) is 6.32. The molecule has 2 bridgehead atoms. The number of carbonyl (C=O) groups excluding carboxylic acids is 1. The molecule has 0 spiro atoms. The molecule has 1 saturated carbocycles. The van der Waals surface area contributed by atoms with Gasteiger partial charge in [0.25, 0.3) is 0 Å². The summed E-state index contributed by atoms with van der Waals surface area (Å²) in [5.41, 5.74) is 2.11. The van der Waals surface area contributed by atoms with Gasteiger partial charge in [-0.15, -0.1) is 0 Å². The molecular weight excluding hydrogens is 360 g/mol. The van der Waals surface area contributed by atoms with Gasteiger partial charge < -0.3 is 19.6 Å². The lowest BCUT2D eigenvalue weighted by Gasteiger charge is -2.49. The van der Waals surface area contributed by atoms with Crippen LogP contribution in [0.2, 0.25) is 0 Å². The van der Waals surface area contributed by atoms with E-state index in [-0.39, 0.29) is 24.0 Å². The van der Waals surface area contributed by atoms with Crippen LogP contribution in [0.25, 0.3) is 0 Å². The fourth-order valence-electron chi connectivity index (χ4n) is 4.71. The number of esters is 1. The highest BCUT2D eigenvalue weighted by Crippen LogP contribution is 2.46. The van der Waals surface area contributed by atoms with Crippen molar-refractivity contribution in [1.82, 2.24) is 4.90 Å². The van der Waals surface area contributed by atoms with E-state index in [1.807, 2.05) is 48.5 Å². The van der Waals surface area contributed by atoms with Crippen molar-refractivity contribution in [1.29, 1.82) is 0 Å². The van der Waals surface area contributed by atoms with Crippen molar-refractivity contribution < 1.29 is 14.6 Å². The minimum atomic E-state index is -0.647. The lowest BCUT2D eigenvalue weighted by atomic mass is 9.74. The largest absolute Gasteiger partial charge is 0.457 e. The second-order valence-corrected chi connectivity index (χ2v) is 7.76. The first-order valence-corrected chi connectivity index (χ1v) is 9.63. The molecule has 3 heterocycles. The van der Waals surface area contributed by atoms with Gasteiger partial charge in [0, 0.05) is 12.2 Å². The van der Waals surface area contributed by atoms with Gasteiger partial charge in [-0.25, -0.2) is 0 Å². The van der Waals surface area contributed by atoms with Crippen LogP contribution < -0.4 is 4.90 Å². The van der Waals surface area contributed by atoms with Crippen LogP contribution in [-0.2, 0) is 16.1 Å². The summed E-state index contributed by atoms with van der Waals surface area (Å²) < 4.78 is 5.60. The molecule has 0 radical (unpaired) electrons. The Labute approximate surface area is 163 Å². The van der Waals surface area contributed by atoms with Crippen molar-refractivity contribution in [2.45, 2.75) is 37.3 Å². The predicted molar refractivity (Wildman–Crippen MR) is 105 cm³/mol. The number of rotatable bonds is 3. The average molecular weight is 380 g/mol. The Hall–Kier alpha value is -2.44. The third kappa shape index (κ3) is 2.55. The first-order valence-electron chi connectivity index (χ1n) is 9.22. The zero-order valence-electron chi connectivity index (χ0n) is 14.6. The van der Waals surface area contributed by atoms with Gasteiger partial charge in [0.05, 0.1) is 24.1 Å². The maximum absolute atomic E-state index is 12.5. The third-order valence-corrected chi connectivity index (χ3v) is 6.30. The van der Waals surface area contributed by atoms with Gasteiger partial charge in [0.1, 0.15) is 6.10 Å². The molecule has 0 unspecified atom stereocenters. The summed E-state index contributed by atoms with van der Waals surface area (Å²) >= 11 is 5.87. The molecule has 6 heteroatoms. The summed E-state index contributed by atoms with van der Waals surface area (Å²) in [5.74, 6) is -0.606. The van der Waals surface area contributed by atoms with Crippen LogP contribution in [0.4, 0.5) is 5.69 Å². The molecule has 2 aromatic rings. The van der Waals surface area contributed by atoms with E-state index in [1.165, 1.54) is 0 Å². The van der Waals surface area contributed by atoms with Crippen molar-refractivity contribution in [3.05, 3.63) is 66.2 Å². The molecule has 4 fully saturated rings. The van der Waals surface area contributed by atoms with Crippen LogP contribution >= 0.6 is 12.2 Å². The molecule has 1 aliphatic carbocycles. The Bertz CT molecular complexity index is 876. The maximum atomic E-state index is 12.5. The fourth-order valence-corrected chi connectivity index (χ4v) is 5.12. The lowest BCUT2D eigenvalue weighted by molar-refractivity contribution is -0.194. The Morgan fingerprint density at radius 1 is 1.04 bits per heavy atom. The standard InChI is InChI=1S/C21H20N2O3S/c24-16-11-15-17-18(19(16)26-20(15)25)22(12-13-7-3-1-4-8-13)21(27)23(17)14-9-5-2-6-10-14/h1-10,15-19,24H,11-12H2/t15-,16+,17+,18+,19-/m0/s1. The van der Waals surface area contributed by atoms with Crippen molar-refractivity contribution >= 4 is 29.0 Å². The highest BCUT2D eigenvalue weighted by atomic mass is 32.1. The maximum Gasteiger partial charge on any atom is 0.311 e. The number of aliphatic hydroxyl groups is 1. The van der Waals surface area contributed by atoms with Crippen molar-refractivity contribution in [2.24, 2.45) is 5.92 Å². The van der Waals surface area contributed by atoms with Crippen molar-refractivity contribution in [3.63, 3.8) is 0 Å². The van der Waals surface area contributed by atoms with Crippen LogP contribution in [0.15, 0.2) is 60.7 Å². The molecule has 27 heavy (non-hydrogen) atoms. The smallest absolute Gasteiger partial charge is 0.311 e. The minimum absolute atomic E-state index is 0.113. The van der Waals surface area contributed by atoms with E-state index < -0.39 is 12.2 Å². The van der Waals surface area contributed by atoms with Gasteiger partial charge in [-0.1, -0.05) is 48.5 Å². The first kappa shape index (κ1) is 16.7. The number of anilines is 1. The normalized spacial score (nSPS) is 31.8. The van der Waals surface area contributed by atoms with Gasteiger partial charge >= 0.3 is 5.97 Å². The van der Waals surface area contributed by atoms with Gasteiger partial charge in [0.15, 0.2) is 5.11 Å². The van der Waals surface area contributed by atoms with E-state index in [1.54, 1.807) is 0 Å². The van der Waals surface area contributed by atoms with Crippen LogP contribution in [0.5, 0.6) is 0 Å². The van der Waals surface area contributed by atoms with Gasteiger partial charge in [-0.3, -0.25) is 4.79 Å². The summed E-state index contributed by atoms with van der Waals surface area (Å²) in [6, 6.07) is 19.8. The van der Waals surface area contributed by atoms with E-state index in [0.29, 0.717) is 18.1 Å². The lowest BCUT2D eigenvalue weighted by Crippen LogP contribution is -2.66. The number of hydrogen-bond donors (Lipinski definition) is 1. The molecule has 2 aromatic carbocycles. The first-order chi connectivity index (χ1) is 13.1. The second-order valence-electron chi connectivity index (χ2n) is 7.39. The van der Waals surface area contributed by atoms with Crippen LogP contribution in [0.1, 0.15) is 12.0 Å². The third-order valence-electron chi connectivity index (χ3n) is 5.87. The van der Waals surface area contributed by atoms with Crippen LogP contribution in [0.3, 0.4) is 0 Å². The zero-order chi connectivity index (χ0) is 18.5.